The molecule has 0 bridgehead atoms. The first-order valence-corrected chi connectivity index (χ1v) is 6.94. The first kappa shape index (κ1) is 18.2. The lowest BCUT2D eigenvalue weighted by atomic mass is 10.1. The summed E-state index contributed by atoms with van der Waals surface area (Å²) in [4.78, 5) is 12.0. The van der Waals surface area contributed by atoms with Gasteiger partial charge in [0.1, 0.15) is 12.0 Å². The van der Waals surface area contributed by atoms with E-state index in [9.17, 15) is 4.79 Å². The molecular weight excluding hydrogens is 304 g/mol. The van der Waals surface area contributed by atoms with Gasteiger partial charge in [0.2, 0.25) is 0 Å². The summed E-state index contributed by atoms with van der Waals surface area (Å²) in [6.45, 7) is 3.90. The third-order valence-corrected chi connectivity index (χ3v) is 3.14. The van der Waals surface area contributed by atoms with Crippen molar-refractivity contribution >= 4 is 18.3 Å². The van der Waals surface area contributed by atoms with E-state index in [1.54, 1.807) is 6.07 Å². The number of ether oxygens (including phenoxy) is 1. The number of amides is 1. The molecule has 0 unspecified atom stereocenters. The maximum Gasteiger partial charge on any atom is 0.254 e. The lowest BCUT2D eigenvalue weighted by Gasteiger charge is -2.10. The van der Waals surface area contributed by atoms with E-state index < -0.39 is 0 Å². The zero-order valence-electron chi connectivity index (χ0n) is 12.5. The van der Waals surface area contributed by atoms with Crippen molar-refractivity contribution in [3.8, 4) is 0 Å². The molecule has 5 nitrogen and oxygen atoms in total. The van der Waals surface area contributed by atoms with Crippen LogP contribution in [0, 0.1) is 0 Å². The Balaban J connectivity index is 0.00000242. The fraction of sp³-hybridized carbons (Fsp3) is 0.312. The van der Waals surface area contributed by atoms with Crippen molar-refractivity contribution in [2.45, 2.75) is 26.6 Å². The number of carbonyl (C=O) groups excluding carboxylic acids is 1. The van der Waals surface area contributed by atoms with Crippen molar-refractivity contribution in [1.29, 1.82) is 0 Å². The van der Waals surface area contributed by atoms with Gasteiger partial charge in [-0.3, -0.25) is 4.79 Å². The molecule has 120 valence electrons. The van der Waals surface area contributed by atoms with Crippen LogP contribution in [-0.2, 0) is 24.4 Å². The Morgan fingerprint density at radius 1 is 1.32 bits per heavy atom. The average Bonchev–Trinajstić information content (AvgIpc) is 3.00. The van der Waals surface area contributed by atoms with E-state index in [0.717, 1.165) is 11.1 Å². The molecule has 22 heavy (non-hydrogen) atoms. The van der Waals surface area contributed by atoms with Crippen LogP contribution in [0.2, 0.25) is 0 Å². The van der Waals surface area contributed by atoms with Gasteiger partial charge in [-0.1, -0.05) is 24.3 Å². The number of furan rings is 1. The van der Waals surface area contributed by atoms with Gasteiger partial charge in [-0.2, -0.15) is 0 Å². The Morgan fingerprint density at radius 2 is 2.05 bits per heavy atom. The van der Waals surface area contributed by atoms with Crippen molar-refractivity contribution in [2.75, 3.05) is 6.61 Å². The average molecular weight is 325 g/mol. The van der Waals surface area contributed by atoms with Crippen LogP contribution in [0.4, 0.5) is 0 Å². The van der Waals surface area contributed by atoms with Crippen LogP contribution in [0.1, 0.15) is 34.2 Å². The summed E-state index contributed by atoms with van der Waals surface area (Å²) in [6.07, 6.45) is 1.42. The maximum atomic E-state index is 12.0. The molecule has 2 aromatic rings. The normalized spacial score (nSPS) is 10.1. The van der Waals surface area contributed by atoms with Gasteiger partial charge in [0.25, 0.3) is 5.91 Å². The number of hydrogen-bond acceptors (Lipinski definition) is 4. The Morgan fingerprint density at radius 3 is 2.68 bits per heavy atom. The summed E-state index contributed by atoms with van der Waals surface area (Å²) < 4.78 is 10.6. The monoisotopic (exact) mass is 324 g/mol. The van der Waals surface area contributed by atoms with Gasteiger partial charge in [-0.25, -0.2) is 0 Å². The van der Waals surface area contributed by atoms with Gasteiger partial charge in [0.05, 0.1) is 18.7 Å². The zero-order valence-corrected chi connectivity index (χ0v) is 13.3. The summed E-state index contributed by atoms with van der Waals surface area (Å²) in [5.41, 5.74) is 8.06. The van der Waals surface area contributed by atoms with E-state index in [4.69, 9.17) is 14.9 Å². The largest absolute Gasteiger partial charge is 0.467 e. The number of rotatable bonds is 7. The van der Waals surface area contributed by atoms with Crippen molar-refractivity contribution in [3.05, 3.63) is 59.0 Å². The fourth-order valence-corrected chi connectivity index (χ4v) is 1.97. The topological polar surface area (TPSA) is 77.5 Å². The summed E-state index contributed by atoms with van der Waals surface area (Å²) in [7, 11) is 0. The van der Waals surface area contributed by atoms with Crippen LogP contribution in [-0.4, -0.2) is 12.5 Å². The van der Waals surface area contributed by atoms with E-state index in [2.05, 4.69) is 5.32 Å². The zero-order chi connectivity index (χ0) is 15.1. The molecule has 0 fully saturated rings. The molecule has 2 rings (SSSR count). The first-order valence-electron chi connectivity index (χ1n) is 6.94. The van der Waals surface area contributed by atoms with Crippen LogP contribution in [0.5, 0.6) is 0 Å². The highest BCUT2D eigenvalue weighted by molar-refractivity contribution is 5.93. The molecule has 1 aromatic heterocycles. The second kappa shape index (κ2) is 9.25. The highest BCUT2D eigenvalue weighted by Gasteiger charge is 2.10. The lowest BCUT2D eigenvalue weighted by Crippen LogP contribution is -2.23. The maximum absolute atomic E-state index is 12.0. The number of halogens is 1. The van der Waals surface area contributed by atoms with Crippen LogP contribution in [0.15, 0.2) is 41.0 Å². The standard InChI is InChI=1S/C16H20N2O3.ClH/c1-2-20-10-13-6-4-3-5-12(13)9-18-16(19)14-7-15(8-17)21-11-14;/h3-7,11H,2,8-10,17H2,1H3,(H,18,19);1H. The van der Waals surface area contributed by atoms with Crippen LogP contribution < -0.4 is 11.1 Å². The van der Waals surface area contributed by atoms with E-state index in [1.807, 2.05) is 31.2 Å². The molecule has 0 saturated carbocycles. The van der Waals surface area contributed by atoms with Crippen LogP contribution >= 0.6 is 12.4 Å². The Hall–Kier alpha value is -1.82. The minimum absolute atomic E-state index is 0. The van der Waals surface area contributed by atoms with Crippen molar-refractivity contribution in [2.24, 2.45) is 5.73 Å². The summed E-state index contributed by atoms with van der Waals surface area (Å²) in [6, 6.07) is 9.54. The fourth-order valence-electron chi connectivity index (χ4n) is 1.97. The van der Waals surface area contributed by atoms with Crippen LogP contribution in [0.25, 0.3) is 0 Å². The molecule has 1 heterocycles. The Kier molecular flexibility index (Phi) is 7.66. The molecular formula is C16H21ClN2O3. The first-order chi connectivity index (χ1) is 10.2. The summed E-state index contributed by atoms with van der Waals surface area (Å²) in [5.74, 6) is 0.418. The third-order valence-electron chi connectivity index (χ3n) is 3.14. The smallest absolute Gasteiger partial charge is 0.254 e. The summed E-state index contributed by atoms with van der Waals surface area (Å²) >= 11 is 0. The van der Waals surface area contributed by atoms with Gasteiger partial charge in [0.15, 0.2) is 0 Å². The van der Waals surface area contributed by atoms with Gasteiger partial charge < -0.3 is 20.2 Å². The Bertz CT molecular complexity index is 599. The van der Waals surface area contributed by atoms with Crippen molar-refractivity contribution < 1.29 is 13.9 Å². The molecule has 6 heteroatoms. The van der Waals surface area contributed by atoms with Crippen LogP contribution in [0.3, 0.4) is 0 Å². The number of nitrogens with one attached hydrogen (secondary N) is 1. The number of hydrogen-bond donors (Lipinski definition) is 2. The van der Waals surface area contributed by atoms with Gasteiger partial charge in [-0.05, 0) is 24.1 Å². The molecule has 3 N–H and O–H groups in total. The molecule has 0 aliphatic heterocycles. The minimum atomic E-state index is -0.176. The molecule has 0 spiro atoms. The molecule has 0 radical (unpaired) electrons. The van der Waals surface area contributed by atoms with E-state index in [0.29, 0.717) is 31.1 Å². The predicted octanol–water partition coefficient (Wildman–Crippen LogP) is 2.63. The second-order valence-electron chi connectivity index (χ2n) is 4.59. The molecule has 0 aliphatic rings. The Labute approximate surface area is 136 Å². The van der Waals surface area contributed by atoms with E-state index in [1.165, 1.54) is 6.26 Å². The second-order valence-corrected chi connectivity index (χ2v) is 4.59. The molecule has 0 aliphatic carbocycles. The highest BCUT2D eigenvalue weighted by atomic mass is 35.5. The van der Waals surface area contributed by atoms with E-state index >= 15 is 0 Å². The molecule has 0 atom stereocenters. The van der Waals surface area contributed by atoms with Crippen molar-refractivity contribution in [3.63, 3.8) is 0 Å². The summed E-state index contributed by atoms with van der Waals surface area (Å²) in [5, 5.41) is 2.87. The van der Waals surface area contributed by atoms with Gasteiger partial charge >= 0.3 is 0 Å². The van der Waals surface area contributed by atoms with Gasteiger partial charge in [0, 0.05) is 13.2 Å². The number of benzene rings is 1. The molecule has 1 amide bonds. The lowest BCUT2D eigenvalue weighted by molar-refractivity contribution is 0.0949. The minimum Gasteiger partial charge on any atom is -0.467 e. The highest BCUT2D eigenvalue weighted by Crippen LogP contribution is 2.11. The number of nitrogens with two attached hydrogens (primary N) is 1. The molecule has 0 saturated heterocycles. The molecule has 1 aromatic carbocycles. The SMILES string of the molecule is CCOCc1ccccc1CNC(=O)c1coc(CN)c1.Cl. The van der Waals surface area contributed by atoms with E-state index in [-0.39, 0.29) is 24.9 Å². The quantitative estimate of drug-likeness (QED) is 0.820. The van der Waals surface area contributed by atoms with Crippen molar-refractivity contribution in [1.82, 2.24) is 5.32 Å². The number of carbonyl (C=O) groups is 1. The van der Waals surface area contributed by atoms with Gasteiger partial charge in [-0.15, -0.1) is 12.4 Å². The third kappa shape index (κ3) is 4.87. The predicted molar refractivity (Wildman–Crippen MR) is 86.8 cm³/mol.